The molecule has 0 aliphatic carbocycles. The fourth-order valence-corrected chi connectivity index (χ4v) is 3.33. The summed E-state index contributed by atoms with van der Waals surface area (Å²) in [6, 6.07) is 3.23. The number of aliphatic imine (C=N–C) groups is 1. The Bertz CT molecular complexity index is 999. The molecule has 15 nitrogen and oxygen atoms in total. The third kappa shape index (κ3) is 11.7. The molecule has 0 aliphatic heterocycles. The Morgan fingerprint density at radius 1 is 0.921 bits per heavy atom. The van der Waals surface area contributed by atoms with E-state index in [1.807, 2.05) is 0 Å². The first-order valence-electron chi connectivity index (χ1n) is 11.8. The van der Waals surface area contributed by atoms with Gasteiger partial charge in [0.1, 0.15) is 12.1 Å². The highest BCUT2D eigenvalue weighted by Crippen LogP contribution is 2.07. The van der Waals surface area contributed by atoms with Gasteiger partial charge in [-0.3, -0.25) is 24.2 Å². The van der Waals surface area contributed by atoms with Crippen molar-refractivity contribution in [3.63, 3.8) is 0 Å². The molecule has 1 rings (SSSR count). The molecule has 0 radical (unpaired) electrons. The molecule has 4 amide bonds. The van der Waals surface area contributed by atoms with Crippen LogP contribution in [0.15, 0.2) is 35.3 Å². The fourth-order valence-electron chi connectivity index (χ4n) is 3.33. The van der Waals surface area contributed by atoms with Crippen molar-refractivity contribution in [2.75, 3.05) is 6.54 Å². The van der Waals surface area contributed by atoms with Crippen LogP contribution >= 0.6 is 0 Å². The van der Waals surface area contributed by atoms with Crippen molar-refractivity contribution in [3.8, 4) is 0 Å². The molecule has 0 aliphatic rings. The van der Waals surface area contributed by atoms with Crippen LogP contribution in [0.25, 0.3) is 0 Å². The number of nitrogens with one attached hydrogen (secondary N) is 3. The van der Waals surface area contributed by atoms with Gasteiger partial charge in [-0.2, -0.15) is 0 Å². The average molecular weight is 537 g/mol. The van der Waals surface area contributed by atoms with E-state index in [0.717, 1.165) is 0 Å². The number of nitrogens with two attached hydrogens (primary N) is 4. The van der Waals surface area contributed by atoms with Gasteiger partial charge >= 0.3 is 5.97 Å². The van der Waals surface area contributed by atoms with E-state index in [1.165, 1.54) is 6.92 Å². The first-order valence-corrected chi connectivity index (χ1v) is 11.8. The summed E-state index contributed by atoms with van der Waals surface area (Å²) in [5.74, 6) is -4.93. The van der Waals surface area contributed by atoms with Crippen LogP contribution in [0.5, 0.6) is 0 Å². The minimum atomic E-state index is -1.63. The summed E-state index contributed by atoms with van der Waals surface area (Å²) in [5, 5.41) is 26.2. The number of aliphatic hydroxyl groups excluding tert-OH is 1. The summed E-state index contributed by atoms with van der Waals surface area (Å²) >= 11 is 0. The second-order valence-electron chi connectivity index (χ2n) is 8.60. The second kappa shape index (κ2) is 15.8. The number of hydrogen-bond donors (Lipinski definition) is 9. The van der Waals surface area contributed by atoms with Crippen molar-refractivity contribution in [1.29, 1.82) is 0 Å². The molecule has 0 aromatic heterocycles. The maximum atomic E-state index is 13.3. The lowest BCUT2D eigenvalue weighted by Crippen LogP contribution is -2.58. The maximum Gasteiger partial charge on any atom is 0.328 e. The molecule has 15 heteroatoms. The third-order valence-electron chi connectivity index (χ3n) is 5.30. The lowest BCUT2D eigenvalue weighted by molar-refractivity contribution is -0.145. The van der Waals surface area contributed by atoms with E-state index in [2.05, 4.69) is 20.9 Å². The van der Waals surface area contributed by atoms with E-state index in [1.54, 1.807) is 30.3 Å². The normalized spacial score (nSPS) is 14.6. The lowest BCUT2D eigenvalue weighted by Gasteiger charge is -2.26. The van der Waals surface area contributed by atoms with E-state index in [-0.39, 0.29) is 31.8 Å². The molecule has 1 aromatic rings. The molecule has 13 N–H and O–H groups in total. The summed E-state index contributed by atoms with van der Waals surface area (Å²) < 4.78 is 0. The van der Waals surface area contributed by atoms with E-state index in [9.17, 15) is 34.2 Å². The number of aliphatic carboxylic acids is 1. The number of benzene rings is 1. The number of carboxylic acids is 1. The zero-order valence-corrected chi connectivity index (χ0v) is 21.0. The molecule has 0 saturated carbocycles. The zero-order valence-electron chi connectivity index (χ0n) is 21.0. The highest BCUT2D eigenvalue weighted by molar-refractivity contribution is 5.95. The Morgan fingerprint density at radius 2 is 1.50 bits per heavy atom. The number of hydrogen-bond acceptors (Lipinski definition) is 8. The summed E-state index contributed by atoms with van der Waals surface area (Å²) in [5.41, 5.74) is 22.1. The number of carbonyl (C=O) groups is 5. The van der Waals surface area contributed by atoms with Crippen molar-refractivity contribution in [2.24, 2.45) is 27.9 Å². The van der Waals surface area contributed by atoms with Crippen LogP contribution in [0, 0.1) is 0 Å². The number of guanidine groups is 1. The molecule has 0 spiro atoms. The SMILES string of the molecule is CC(O)C(NC(=O)C(CCCN=C(N)N)NC(=O)C(Cc1ccccc1)NC(=O)C(N)CC(N)=O)C(=O)O. The van der Waals surface area contributed by atoms with Crippen molar-refractivity contribution in [2.45, 2.75) is 62.9 Å². The Labute approximate surface area is 219 Å². The van der Waals surface area contributed by atoms with Crippen LogP contribution in [0.2, 0.25) is 0 Å². The molecule has 0 fully saturated rings. The van der Waals surface area contributed by atoms with Crippen molar-refractivity contribution < 1.29 is 34.2 Å². The maximum absolute atomic E-state index is 13.3. The molecule has 0 heterocycles. The molecule has 5 atom stereocenters. The average Bonchev–Trinajstić information content (AvgIpc) is 2.83. The van der Waals surface area contributed by atoms with Gasteiger partial charge in [-0.05, 0) is 25.3 Å². The fraction of sp³-hybridized carbons (Fsp3) is 0.478. The number of primary amides is 1. The third-order valence-corrected chi connectivity index (χ3v) is 5.30. The molecule has 0 bridgehead atoms. The zero-order chi connectivity index (χ0) is 28.8. The number of carboxylic acid groups (broad SMARTS) is 1. The van der Waals surface area contributed by atoms with Crippen LogP contribution < -0.4 is 38.9 Å². The van der Waals surface area contributed by atoms with Gasteiger partial charge in [0.15, 0.2) is 12.0 Å². The lowest BCUT2D eigenvalue weighted by atomic mass is 10.0. The van der Waals surface area contributed by atoms with Gasteiger partial charge in [-0.1, -0.05) is 30.3 Å². The van der Waals surface area contributed by atoms with Crippen LogP contribution in [-0.4, -0.2) is 82.6 Å². The van der Waals surface area contributed by atoms with Crippen molar-refractivity contribution >= 4 is 35.6 Å². The summed E-state index contributed by atoms with van der Waals surface area (Å²) in [7, 11) is 0. The van der Waals surface area contributed by atoms with Gasteiger partial charge < -0.3 is 49.1 Å². The van der Waals surface area contributed by atoms with Gasteiger partial charge in [-0.25, -0.2) is 4.79 Å². The Morgan fingerprint density at radius 3 is 2.03 bits per heavy atom. The highest BCUT2D eigenvalue weighted by atomic mass is 16.4. The number of rotatable bonds is 16. The molecular formula is C23H36N8O7. The van der Waals surface area contributed by atoms with Gasteiger partial charge in [0.05, 0.1) is 18.6 Å². The number of carbonyl (C=O) groups excluding carboxylic acids is 4. The Kier molecular flexibility index (Phi) is 13.2. The first kappa shape index (κ1) is 31.8. The number of nitrogens with zero attached hydrogens (tertiary/aromatic N) is 1. The van der Waals surface area contributed by atoms with E-state index >= 15 is 0 Å². The summed E-state index contributed by atoms with van der Waals surface area (Å²) in [4.78, 5) is 65.1. The topological polar surface area (TPSA) is 278 Å². The van der Waals surface area contributed by atoms with Gasteiger partial charge in [-0.15, -0.1) is 0 Å². The Hall–Kier alpha value is -4.24. The van der Waals surface area contributed by atoms with Crippen LogP contribution in [0.4, 0.5) is 0 Å². The molecule has 38 heavy (non-hydrogen) atoms. The number of aliphatic hydroxyl groups is 1. The second-order valence-corrected chi connectivity index (χ2v) is 8.60. The van der Waals surface area contributed by atoms with Crippen molar-refractivity contribution in [3.05, 3.63) is 35.9 Å². The van der Waals surface area contributed by atoms with Crippen LogP contribution in [-0.2, 0) is 30.4 Å². The van der Waals surface area contributed by atoms with E-state index < -0.39 is 66.3 Å². The molecule has 210 valence electrons. The molecule has 5 unspecified atom stereocenters. The molecule has 1 aromatic carbocycles. The van der Waals surface area contributed by atoms with Crippen LogP contribution in [0.1, 0.15) is 31.7 Å². The smallest absolute Gasteiger partial charge is 0.328 e. The van der Waals surface area contributed by atoms with E-state index in [0.29, 0.717) is 5.56 Å². The molecular weight excluding hydrogens is 500 g/mol. The van der Waals surface area contributed by atoms with E-state index in [4.69, 9.17) is 22.9 Å². The largest absolute Gasteiger partial charge is 0.480 e. The summed E-state index contributed by atoms with van der Waals surface area (Å²) in [6.45, 7) is 1.30. The highest BCUT2D eigenvalue weighted by Gasteiger charge is 2.32. The molecule has 0 saturated heterocycles. The standard InChI is InChI=1S/C23H36N8O7/c1-12(32)18(22(37)38)31-20(35)15(8-5-9-28-23(26)27)29-21(36)16(10-13-6-3-2-4-7-13)30-19(34)14(24)11-17(25)33/h2-4,6-7,12,14-16,18,32H,5,8-11,24H2,1H3,(H2,25,33)(H,29,36)(H,30,34)(H,31,35)(H,37,38)(H4,26,27,28). The quantitative estimate of drug-likeness (QED) is 0.0568. The predicted molar refractivity (Wildman–Crippen MR) is 137 cm³/mol. The van der Waals surface area contributed by atoms with Gasteiger partial charge in [0, 0.05) is 13.0 Å². The monoisotopic (exact) mass is 536 g/mol. The van der Waals surface area contributed by atoms with Gasteiger partial charge in [0.2, 0.25) is 23.6 Å². The predicted octanol–water partition coefficient (Wildman–Crippen LogP) is -3.59. The van der Waals surface area contributed by atoms with Crippen LogP contribution in [0.3, 0.4) is 0 Å². The first-order chi connectivity index (χ1) is 17.8. The minimum absolute atomic E-state index is 0.00626. The Balaban J connectivity index is 3.15. The van der Waals surface area contributed by atoms with Gasteiger partial charge in [0.25, 0.3) is 0 Å². The minimum Gasteiger partial charge on any atom is -0.480 e. The number of amides is 4. The summed E-state index contributed by atoms with van der Waals surface area (Å²) in [6.07, 6.45) is -1.64. The van der Waals surface area contributed by atoms with Crippen molar-refractivity contribution in [1.82, 2.24) is 16.0 Å².